The maximum Gasteiger partial charge on any atom is 0.397 e. The fourth-order valence-electron chi connectivity index (χ4n) is 9.79. The highest BCUT2D eigenvalue weighted by Crippen LogP contribution is 2.36. The third-order valence-electron chi connectivity index (χ3n) is 13.8. The van der Waals surface area contributed by atoms with E-state index in [-0.39, 0.29) is 0 Å². The highest BCUT2D eigenvalue weighted by atomic mass is 32.3. The van der Waals surface area contributed by atoms with Crippen molar-refractivity contribution in [1.29, 1.82) is 0 Å². The van der Waals surface area contributed by atoms with E-state index >= 15 is 0 Å². The Bertz CT molecular complexity index is 2110. The quantitative estimate of drug-likeness (QED) is 0.0503. The molecule has 0 spiro atoms. The number of carbonyl (C=O) groups excluding carboxylic acids is 3. The van der Waals surface area contributed by atoms with Crippen molar-refractivity contribution in [2.45, 2.75) is 212 Å². The lowest BCUT2D eigenvalue weighted by Crippen LogP contribution is -2.71. The molecule has 6 aliphatic heterocycles. The third kappa shape index (κ3) is 15.1. The summed E-state index contributed by atoms with van der Waals surface area (Å²) in [5, 5.41) is 169. The molecular weight excluding hydrogens is 1110 g/mol. The van der Waals surface area contributed by atoms with Gasteiger partial charge < -0.3 is 145 Å². The smallest absolute Gasteiger partial charge is 0.394 e. The summed E-state index contributed by atoms with van der Waals surface area (Å²) in [6, 6.07) is -5.30. The monoisotopic (exact) mass is 1180 g/mol. The molecule has 0 aliphatic carbocycles. The number of carbonyl (C=O) groups is 3. The molecule has 3 amide bonds. The van der Waals surface area contributed by atoms with Gasteiger partial charge in [-0.2, -0.15) is 8.42 Å². The standard InChI is InChI=1S/C42H71N3O33S/c1-10-22(53)28(59)30(61)40(68-10)77-36-29(60)23(54)14(5-46)72-42(36)76-34-21(45-13(4)52)39(70-15(6-47)24(34)55)75-33-20(44-12(3)51)37(63)69-18(26(33)57)9-67-38-19(43-11(2)50)27(58)32(17(8-49)73-38)74-41-31(62)35(78-79(64,65)66)25(56)16(7-48)71-41/h10,14-42,46-49,53-63H,5-9H2,1-4H3,(H,43,50)(H,44,51)(H,45,52)(H,64,65,66)/t10-,14+,15+,16+,17+,18+,19+,20+,21+,22+,23-,24+,25-,26-,27+,28+,29-,30-,31+,32+,33+,34+,35-,36+,37-,38+,39-,40-,41-,42-/m0/s1. The van der Waals surface area contributed by atoms with Crippen LogP contribution in [0.4, 0.5) is 0 Å². The van der Waals surface area contributed by atoms with Crippen molar-refractivity contribution in [1.82, 2.24) is 16.0 Å². The van der Waals surface area contributed by atoms with Gasteiger partial charge in [-0.1, -0.05) is 0 Å². The van der Waals surface area contributed by atoms with Gasteiger partial charge in [0.25, 0.3) is 0 Å². The summed E-state index contributed by atoms with van der Waals surface area (Å²) in [7, 11) is -5.37. The molecule has 6 fully saturated rings. The minimum absolute atomic E-state index is 0.843. The second-order valence-corrected chi connectivity index (χ2v) is 20.5. The molecule has 19 N–H and O–H groups in total. The number of hydrogen-bond acceptors (Lipinski definition) is 32. The maximum atomic E-state index is 12.9. The van der Waals surface area contributed by atoms with Crippen LogP contribution in [0, 0.1) is 0 Å². The summed E-state index contributed by atoms with van der Waals surface area (Å²) in [5.41, 5.74) is 0. The molecule has 6 rings (SSSR count). The molecule has 0 aromatic rings. The van der Waals surface area contributed by atoms with Crippen molar-refractivity contribution in [2.75, 3.05) is 33.0 Å². The van der Waals surface area contributed by atoms with Gasteiger partial charge in [0, 0.05) is 20.8 Å². The zero-order valence-electron chi connectivity index (χ0n) is 42.4. The Morgan fingerprint density at radius 1 is 0.418 bits per heavy atom. The van der Waals surface area contributed by atoms with Gasteiger partial charge in [-0.05, 0) is 6.92 Å². The topological polar surface area (TPSA) is 556 Å². The van der Waals surface area contributed by atoms with E-state index in [1.54, 1.807) is 0 Å². The Hall–Kier alpha value is -2.76. The summed E-state index contributed by atoms with van der Waals surface area (Å²) in [4.78, 5) is 38.0. The molecule has 30 atom stereocenters. The van der Waals surface area contributed by atoms with Crippen molar-refractivity contribution < 1.29 is 160 Å². The second kappa shape index (κ2) is 27.8. The van der Waals surface area contributed by atoms with Crippen molar-refractivity contribution in [3.63, 3.8) is 0 Å². The van der Waals surface area contributed by atoms with Gasteiger partial charge in [-0.3, -0.25) is 18.9 Å². The van der Waals surface area contributed by atoms with Gasteiger partial charge in [0.05, 0.1) is 39.1 Å². The molecule has 0 radical (unpaired) electrons. The Balaban J connectivity index is 1.25. The summed E-state index contributed by atoms with van der Waals surface area (Å²) >= 11 is 0. The lowest BCUT2D eigenvalue weighted by Gasteiger charge is -2.50. The summed E-state index contributed by atoms with van der Waals surface area (Å²) in [6.07, 6.45) is -51.8. The molecule has 0 aromatic heterocycles. The second-order valence-electron chi connectivity index (χ2n) is 19.5. The number of aliphatic hydroxyl groups is 15. The predicted molar refractivity (Wildman–Crippen MR) is 243 cm³/mol. The lowest BCUT2D eigenvalue weighted by molar-refractivity contribution is -0.384. The van der Waals surface area contributed by atoms with E-state index in [9.17, 15) is 104 Å². The van der Waals surface area contributed by atoms with Crippen LogP contribution in [0.5, 0.6) is 0 Å². The number of nitrogens with one attached hydrogen (secondary N) is 3. The molecular formula is C42H71N3O33S. The van der Waals surface area contributed by atoms with Crippen LogP contribution in [0.1, 0.15) is 27.7 Å². The van der Waals surface area contributed by atoms with Crippen LogP contribution in [0.25, 0.3) is 0 Å². The fraction of sp³-hybridized carbons (Fsp3) is 0.929. The molecule has 0 bridgehead atoms. The molecule has 0 saturated carbocycles. The van der Waals surface area contributed by atoms with E-state index in [0.717, 1.165) is 20.8 Å². The van der Waals surface area contributed by atoms with E-state index < -0.39 is 245 Å². The number of hydrogen-bond donors (Lipinski definition) is 19. The average molecular weight is 1180 g/mol. The van der Waals surface area contributed by atoms with Crippen molar-refractivity contribution >= 4 is 28.1 Å². The lowest BCUT2D eigenvalue weighted by atomic mass is 9.93. The van der Waals surface area contributed by atoms with Crippen molar-refractivity contribution in [2.24, 2.45) is 0 Å². The molecule has 37 heteroatoms. The predicted octanol–water partition coefficient (Wildman–Crippen LogP) is -12.8. The van der Waals surface area contributed by atoms with E-state index in [0.29, 0.717) is 0 Å². The Morgan fingerprint density at radius 3 is 1.43 bits per heavy atom. The molecule has 79 heavy (non-hydrogen) atoms. The first-order chi connectivity index (χ1) is 37.0. The van der Waals surface area contributed by atoms with Gasteiger partial charge in [-0.15, -0.1) is 0 Å². The molecule has 0 aromatic carbocycles. The third-order valence-corrected chi connectivity index (χ3v) is 14.3. The van der Waals surface area contributed by atoms with Crippen LogP contribution in [0.3, 0.4) is 0 Å². The van der Waals surface area contributed by atoms with Crippen LogP contribution in [-0.4, -0.2) is 324 Å². The van der Waals surface area contributed by atoms with Gasteiger partial charge in [0.1, 0.15) is 140 Å². The van der Waals surface area contributed by atoms with Crippen LogP contribution >= 0.6 is 0 Å². The molecule has 6 heterocycles. The van der Waals surface area contributed by atoms with E-state index in [2.05, 4.69) is 20.1 Å². The maximum absolute atomic E-state index is 12.9. The van der Waals surface area contributed by atoms with E-state index in [1.807, 2.05) is 0 Å². The van der Waals surface area contributed by atoms with Crippen LogP contribution in [0.2, 0.25) is 0 Å². The average Bonchev–Trinajstić information content (AvgIpc) is 3.52. The van der Waals surface area contributed by atoms with Crippen LogP contribution < -0.4 is 16.0 Å². The van der Waals surface area contributed by atoms with Gasteiger partial charge >= 0.3 is 10.4 Å². The molecule has 458 valence electrons. The Kier molecular flexibility index (Phi) is 23.0. The minimum Gasteiger partial charge on any atom is -0.394 e. The number of aliphatic hydroxyl groups excluding tert-OH is 15. The zero-order valence-corrected chi connectivity index (χ0v) is 43.2. The first-order valence-electron chi connectivity index (χ1n) is 24.6. The van der Waals surface area contributed by atoms with Gasteiger partial charge in [0.15, 0.2) is 37.7 Å². The van der Waals surface area contributed by atoms with Crippen LogP contribution in [0.15, 0.2) is 0 Å². The number of rotatable bonds is 20. The Labute approximate surface area is 448 Å². The Morgan fingerprint density at radius 2 is 0.861 bits per heavy atom. The minimum atomic E-state index is -5.37. The van der Waals surface area contributed by atoms with E-state index in [4.69, 9.17) is 52.1 Å². The molecule has 0 unspecified atom stereocenters. The van der Waals surface area contributed by atoms with Crippen LogP contribution in [-0.2, 0) is 81.1 Å². The normalized spacial score (nSPS) is 47.0. The molecule has 36 nitrogen and oxygen atoms in total. The van der Waals surface area contributed by atoms with Gasteiger partial charge in [0.2, 0.25) is 17.7 Å². The summed E-state index contributed by atoms with van der Waals surface area (Å²) in [5.74, 6) is -2.57. The zero-order chi connectivity index (χ0) is 58.7. The number of amides is 3. The van der Waals surface area contributed by atoms with E-state index in [1.165, 1.54) is 6.92 Å². The summed E-state index contributed by atoms with van der Waals surface area (Å²) in [6.45, 7) is -0.714. The highest BCUT2D eigenvalue weighted by Gasteiger charge is 2.58. The SMILES string of the molecule is CC(=O)N[C@@H]1[C@@H](O[C@@H]2O[C@H](CO)[C@@H](O)[C@H](O[C@@H]3O[C@H](CO)[C@H](O)[C@H](O)[C@H]3O[C@@H]3O[C@@H](C)[C@@H](O)[C@@H](O)[C@@H]3O)[C@H]2NC(C)=O)[C@@H](O)[C@@H](CO[C@@H]2O[C@H](CO)[C@@H](O[C@@H]3O[C@H](CO)[C@H](O)[C@H](OS(=O)(=O)O)[C@H]3O)[C@H](O)[C@H]2NC(C)=O)O[C@@H]1O. The van der Waals surface area contributed by atoms with Crippen molar-refractivity contribution in [3.8, 4) is 0 Å². The first-order valence-corrected chi connectivity index (χ1v) is 26.0. The molecule has 6 aliphatic rings. The van der Waals surface area contributed by atoms with Crippen molar-refractivity contribution in [3.05, 3.63) is 0 Å². The summed E-state index contributed by atoms with van der Waals surface area (Å²) < 4.78 is 100. The van der Waals surface area contributed by atoms with Gasteiger partial charge in [-0.25, -0.2) is 4.18 Å². The highest BCUT2D eigenvalue weighted by molar-refractivity contribution is 7.80. The largest absolute Gasteiger partial charge is 0.397 e. The fourth-order valence-corrected chi connectivity index (χ4v) is 10.3. The number of ether oxygens (including phenoxy) is 11. The molecule has 6 saturated heterocycles. The first kappa shape index (κ1) is 65.4.